The molecule has 3 rings (SSSR count). The van der Waals surface area contributed by atoms with Crippen LogP contribution >= 0.6 is 0 Å². The van der Waals surface area contributed by atoms with Gasteiger partial charge in [0, 0.05) is 26.2 Å². The number of likely N-dealkylation sites (tertiary alicyclic amines) is 1. The highest BCUT2D eigenvalue weighted by Gasteiger charge is 2.41. The van der Waals surface area contributed by atoms with Crippen molar-refractivity contribution in [2.24, 2.45) is 5.92 Å². The van der Waals surface area contributed by atoms with Crippen LogP contribution in [0.4, 0.5) is 0 Å². The van der Waals surface area contributed by atoms with Gasteiger partial charge >= 0.3 is 0 Å². The fourth-order valence-corrected chi connectivity index (χ4v) is 4.09. The molecule has 0 spiro atoms. The minimum atomic E-state index is -0.129. The summed E-state index contributed by atoms with van der Waals surface area (Å²) in [6.45, 7) is 3.06. The maximum absolute atomic E-state index is 12.6. The molecule has 1 N–H and O–H groups in total. The van der Waals surface area contributed by atoms with Crippen molar-refractivity contribution in [1.82, 2.24) is 10.2 Å². The van der Waals surface area contributed by atoms with Gasteiger partial charge in [0.1, 0.15) is 0 Å². The third-order valence-corrected chi connectivity index (χ3v) is 5.65. The predicted molar refractivity (Wildman–Crippen MR) is 78.5 cm³/mol. The van der Waals surface area contributed by atoms with Crippen LogP contribution in [0.3, 0.4) is 0 Å². The van der Waals surface area contributed by atoms with Crippen molar-refractivity contribution in [3.63, 3.8) is 0 Å². The van der Waals surface area contributed by atoms with Crippen molar-refractivity contribution in [1.29, 1.82) is 0 Å². The molecule has 2 saturated heterocycles. The number of ether oxygens (including phenoxy) is 1. The molecular formula is C16H28N2O2. The Kier molecular flexibility index (Phi) is 4.32. The van der Waals surface area contributed by atoms with Gasteiger partial charge in [0.05, 0.1) is 12.0 Å². The smallest absolute Gasteiger partial charge is 0.225 e. The molecule has 0 aromatic rings. The highest BCUT2D eigenvalue weighted by Crippen LogP contribution is 2.38. The fourth-order valence-electron chi connectivity index (χ4n) is 4.09. The van der Waals surface area contributed by atoms with Crippen LogP contribution < -0.4 is 5.32 Å². The zero-order chi connectivity index (χ0) is 14.0. The summed E-state index contributed by atoms with van der Waals surface area (Å²) in [5, 5.41) is 3.60. The lowest BCUT2D eigenvalue weighted by Crippen LogP contribution is -2.49. The van der Waals surface area contributed by atoms with Crippen molar-refractivity contribution in [3.05, 3.63) is 0 Å². The molecule has 0 aromatic heterocycles. The van der Waals surface area contributed by atoms with Gasteiger partial charge in [-0.3, -0.25) is 4.79 Å². The third-order valence-electron chi connectivity index (χ3n) is 5.65. The van der Waals surface area contributed by atoms with Crippen molar-refractivity contribution < 1.29 is 9.53 Å². The van der Waals surface area contributed by atoms with E-state index in [0.717, 1.165) is 38.9 Å². The topological polar surface area (TPSA) is 41.6 Å². The van der Waals surface area contributed by atoms with Crippen LogP contribution in [0.15, 0.2) is 0 Å². The molecular weight excluding hydrogens is 252 g/mol. The molecule has 2 aliphatic heterocycles. The first-order valence-electron chi connectivity index (χ1n) is 8.29. The highest BCUT2D eigenvalue weighted by molar-refractivity contribution is 5.77. The molecule has 4 nitrogen and oxygen atoms in total. The van der Waals surface area contributed by atoms with Gasteiger partial charge in [0.25, 0.3) is 0 Å². The van der Waals surface area contributed by atoms with E-state index in [1.165, 1.54) is 25.7 Å². The molecule has 4 heteroatoms. The van der Waals surface area contributed by atoms with E-state index in [0.29, 0.717) is 24.3 Å². The molecule has 1 aliphatic carbocycles. The van der Waals surface area contributed by atoms with Crippen LogP contribution in [0.1, 0.15) is 51.4 Å². The first-order valence-corrected chi connectivity index (χ1v) is 8.29. The average Bonchev–Trinajstić information content (AvgIpc) is 2.97. The maximum Gasteiger partial charge on any atom is 0.225 e. The van der Waals surface area contributed by atoms with Crippen LogP contribution in [0.25, 0.3) is 0 Å². The number of piperidine rings is 1. The van der Waals surface area contributed by atoms with E-state index in [2.05, 4.69) is 10.2 Å². The predicted octanol–water partition coefficient (Wildman–Crippen LogP) is 1.94. The Balaban J connectivity index is 1.54. The minimum absolute atomic E-state index is 0.129. The van der Waals surface area contributed by atoms with Crippen LogP contribution in [0.2, 0.25) is 0 Å². The van der Waals surface area contributed by atoms with Crippen LogP contribution in [0.5, 0.6) is 0 Å². The van der Waals surface area contributed by atoms with Gasteiger partial charge in [-0.15, -0.1) is 0 Å². The molecule has 3 aliphatic rings. The molecule has 3 fully saturated rings. The monoisotopic (exact) mass is 280 g/mol. The van der Waals surface area contributed by atoms with Gasteiger partial charge < -0.3 is 15.0 Å². The molecule has 2 heterocycles. The van der Waals surface area contributed by atoms with Gasteiger partial charge in [0.2, 0.25) is 5.91 Å². The summed E-state index contributed by atoms with van der Waals surface area (Å²) in [7, 11) is 1.76. The Morgan fingerprint density at radius 3 is 2.75 bits per heavy atom. The van der Waals surface area contributed by atoms with Gasteiger partial charge in [-0.05, 0) is 57.4 Å². The molecule has 114 valence electrons. The molecule has 2 atom stereocenters. The van der Waals surface area contributed by atoms with E-state index in [-0.39, 0.29) is 5.60 Å². The summed E-state index contributed by atoms with van der Waals surface area (Å²) in [5.41, 5.74) is -0.129. The first-order chi connectivity index (χ1) is 9.72. The number of nitrogens with zero attached hydrogens (tertiary/aromatic N) is 1. The first kappa shape index (κ1) is 14.3. The number of rotatable bonds is 4. The zero-order valence-electron chi connectivity index (χ0n) is 12.7. The third kappa shape index (κ3) is 2.86. The Morgan fingerprint density at radius 2 is 2.15 bits per heavy atom. The summed E-state index contributed by atoms with van der Waals surface area (Å²) in [5.74, 6) is 0.976. The standard InChI is InChI=1S/C16H28N2O2/c1-20-16(7-4-8-16)11-15(19)18-10-3-5-13(12-18)14-6-2-9-17-14/h13-14,17H,2-12H2,1H3. The van der Waals surface area contributed by atoms with E-state index in [1.54, 1.807) is 7.11 Å². The van der Waals surface area contributed by atoms with Crippen LogP contribution in [-0.2, 0) is 9.53 Å². The van der Waals surface area contributed by atoms with Crippen molar-refractivity contribution in [2.75, 3.05) is 26.7 Å². The van der Waals surface area contributed by atoms with Gasteiger partial charge in [-0.1, -0.05) is 0 Å². The Bertz CT molecular complexity index is 343. The molecule has 0 bridgehead atoms. The van der Waals surface area contributed by atoms with Gasteiger partial charge in [-0.2, -0.15) is 0 Å². The second-order valence-electron chi connectivity index (χ2n) is 6.86. The molecule has 1 amide bonds. The minimum Gasteiger partial charge on any atom is -0.378 e. The SMILES string of the molecule is COC1(CC(=O)N2CCCC(C3CCCN3)C2)CCC1. The normalized spacial score (nSPS) is 33.0. The second-order valence-corrected chi connectivity index (χ2v) is 6.86. The van der Waals surface area contributed by atoms with Crippen molar-refractivity contribution >= 4 is 5.91 Å². The van der Waals surface area contributed by atoms with E-state index >= 15 is 0 Å². The summed E-state index contributed by atoms with van der Waals surface area (Å²) in [6, 6.07) is 0.644. The fraction of sp³-hybridized carbons (Fsp3) is 0.938. The number of methoxy groups -OCH3 is 1. The van der Waals surface area contributed by atoms with Crippen molar-refractivity contribution in [3.8, 4) is 0 Å². The Morgan fingerprint density at radius 1 is 1.30 bits per heavy atom. The number of carbonyl (C=O) groups excluding carboxylic acids is 1. The summed E-state index contributed by atoms with van der Waals surface area (Å²) >= 11 is 0. The van der Waals surface area contributed by atoms with E-state index < -0.39 is 0 Å². The summed E-state index contributed by atoms with van der Waals surface area (Å²) in [4.78, 5) is 14.7. The number of hydrogen-bond donors (Lipinski definition) is 1. The van der Waals surface area contributed by atoms with Gasteiger partial charge in [0.15, 0.2) is 0 Å². The van der Waals surface area contributed by atoms with Crippen molar-refractivity contribution in [2.45, 2.75) is 63.0 Å². The summed E-state index contributed by atoms with van der Waals surface area (Å²) in [6.07, 6.45) is 8.92. The lowest BCUT2D eigenvalue weighted by Gasteiger charge is -2.42. The Hall–Kier alpha value is -0.610. The van der Waals surface area contributed by atoms with Crippen LogP contribution in [0, 0.1) is 5.92 Å². The molecule has 0 radical (unpaired) electrons. The molecule has 0 aromatic carbocycles. The van der Waals surface area contributed by atoms with Gasteiger partial charge in [-0.25, -0.2) is 0 Å². The van der Waals surface area contributed by atoms with E-state index in [1.807, 2.05) is 0 Å². The van der Waals surface area contributed by atoms with E-state index in [4.69, 9.17) is 4.74 Å². The number of carbonyl (C=O) groups is 1. The number of amides is 1. The second kappa shape index (κ2) is 6.02. The highest BCUT2D eigenvalue weighted by atomic mass is 16.5. The quantitative estimate of drug-likeness (QED) is 0.855. The lowest BCUT2D eigenvalue weighted by atomic mass is 9.77. The lowest BCUT2D eigenvalue weighted by molar-refractivity contribution is -0.146. The average molecular weight is 280 g/mol. The zero-order valence-corrected chi connectivity index (χ0v) is 12.7. The number of hydrogen-bond acceptors (Lipinski definition) is 3. The van der Waals surface area contributed by atoms with Crippen LogP contribution in [-0.4, -0.2) is 49.2 Å². The number of nitrogens with one attached hydrogen (secondary N) is 1. The maximum atomic E-state index is 12.6. The molecule has 20 heavy (non-hydrogen) atoms. The van der Waals surface area contributed by atoms with E-state index in [9.17, 15) is 4.79 Å². The Labute approximate surface area is 122 Å². The summed E-state index contributed by atoms with van der Waals surface area (Å²) < 4.78 is 5.60. The largest absolute Gasteiger partial charge is 0.378 e. The molecule has 2 unspecified atom stereocenters. The molecule has 1 saturated carbocycles.